The summed E-state index contributed by atoms with van der Waals surface area (Å²) in [5, 5.41) is 2.19. The van der Waals surface area contributed by atoms with Crippen LogP contribution in [0.25, 0.3) is 11.1 Å². The molecule has 1 atom stereocenters. The second kappa shape index (κ2) is 8.83. The number of nitrogens with zero attached hydrogens (tertiary/aromatic N) is 1. The molecular weight excluding hydrogens is 342 g/mol. The smallest absolute Gasteiger partial charge is 0.252 e. The number of likely N-dealkylation sites (tertiary alicyclic amines) is 1. The summed E-state index contributed by atoms with van der Waals surface area (Å²) in [6, 6.07) is 10.8. The third kappa shape index (κ3) is 4.74. The van der Waals surface area contributed by atoms with Crippen molar-refractivity contribution in [1.82, 2.24) is 4.90 Å². The summed E-state index contributed by atoms with van der Waals surface area (Å²) in [6.07, 6.45) is 2.46. The molecule has 3 nitrogen and oxygen atoms in total. The van der Waals surface area contributed by atoms with Crippen molar-refractivity contribution in [2.45, 2.75) is 46.1 Å². The van der Waals surface area contributed by atoms with Gasteiger partial charge in [-0.3, -0.25) is 4.79 Å². The summed E-state index contributed by atoms with van der Waals surface area (Å²) in [5.41, 5.74) is 3.64. The molecule has 0 aliphatic carbocycles. The SMILES string of the molecule is CCO[C@@H](Cc1ccc(-c2csc(C)c2)cc1)C(=O)N1CCC(C)CC1. The highest BCUT2D eigenvalue weighted by atomic mass is 32.1. The normalized spacial score (nSPS) is 16.7. The van der Waals surface area contributed by atoms with Gasteiger partial charge in [0.25, 0.3) is 5.91 Å². The molecule has 26 heavy (non-hydrogen) atoms. The van der Waals surface area contributed by atoms with Crippen LogP contribution in [-0.4, -0.2) is 36.6 Å². The van der Waals surface area contributed by atoms with Crippen LogP contribution in [0.5, 0.6) is 0 Å². The van der Waals surface area contributed by atoms with Crippen molar-refractivity contribution in [2.24, 2.45) is 5.92 Å². The minimum atomic E-state index is -0.373. The number of hydrogen-bond donors (Lipinski definition) is 0. The molecule has 2 heterocycles. The molecule has 140 valence electrons. The van der Waals surface area contributed by atoms with Crippen LogP contribution < -0.4 is 0 Å². The summed E-state index contributed by atoms with van der Waals surface area (Å²) < 4.78 is 5.82. The molecule has 1 saturated heterocycles. The maximum Gasteiger partial charge on any atom is 0.252 e. The molecule has 1 aliphatic rings. The fourth-order valence-corrected chi connectivity index (χ4v) is 4.21. The number of hydrogen-bond acceptors (Lipinski definition) is 3. The third-order valence-corrected chi connectivity index (χ3v) is 6.04. The number of ether oxygens (including phenoxy) is 1. The molecule has 1 aromatic heterocycles. The van der Waals surface area contributed by atoms with Crippen molar-refractivity contribution in [3.8, 4) is 11.1 Å². The van der Waals surface area contributed by atoms with E-state index in [2.05, 4.69) is 49.6 Å². The minimum absolute atomic E-state index is 0.149. The Morgan fingerprint density at radius 2 is 1.92 bits per heavy atom. The highest BCUT2D eigenvalue weighted by Gasteiger charge is 2.27. The number of carbonyl (C=O) groups excluding carboxylic acids is 1. The van der Waals surface area contributed by atoms with Gasteiger partial charge in [-0.25, -0.2) is 0 Å². The number of benzene rings is 1. The zero-order valence-electron chi connectivity index (χ0n) is 16.0. The maximum atomic E-state index is 12.9. The summed E-state index contributed by atoms with van der Waals surface area (Å²) >= 11 is 1.77. The predicted octanol–water partition coefficient (Wildman–Crippen LogP) is 4.93. The summed E-state index contributed by atoms with van der Waals surface area (Å²) in [7, 11) is 0. The average Bonchev–Trinajstić information content (AvgIpc) is 3.08. The fourth-order valence-electron chi connectivity index (χ4n) is 3.49. The number of carbonyl (C=O) groups is 1. The van der Waals surface area contributed by atoms with E-state index in [1.54, 1.807) is 11.3 Å². The van der Waals surface area contributed by atoms with E-state index in [1.165, 1.54) is 16.0 Å². The van der Waals surface area contributed by atoms with Gasteiger partial charge in [0.1, 0.15) is 6.10 Å². The zero-order valence-corrected chi connectivity index (χ0v) is 16.8. The number of aryl methyl sites for hydroxylation is 1. The second-order valence-electron chi connectivity index (χ2n) is 7.30. The van der Waals surface area contributed by atoms with E-state index < -0.39 is 0 Å². The predicted molar refractivity (Wildman–Crippen MR) is 109 cm³/mol. The molecule has 1 amide bonds. The largest absolute Gasteiger partial charge is 0.368 e. The zero-order chi connectivity index (χ0) is 18.5. The lowest BCUT2D eigenvalue weighted by atomic mass is 9.98. The molecule has 1 aromatic carbocycles. The molecule has 0 radical (unpaired) electrons. The first kappa shape index (κ1) is 19.1. The quantitative estimate of drug-likeness (QED) is 0.720. The lowest BCUT2D eigenvalue weighted by Crippen LogP contribution is -2.45. The Labute approximate surface area is 161 Å². The van der Waals surface area contributed by atoms with Gasteiger partial charge in [0, 0.05) is 31.0 Å². The molecule has 3 rings (SSSR count). The standard InChI is InChI=1S/C22H29NO2S/c1-4-25-21(22(24)23-11-9-16(2)10-12-23)14-18-5-7-19(8-6-18)20-13-17(3)26-15-20/h5-8,13,15-16,21H,4,9-12,14H2,1-3H3/t21-/m0/s1. The first-order valence-electron chi connectivity index (χ1n) is 9.61. The van der Waals surface area contributed by atoms with E-state index in [1.807, 2.05) is 11.8 Å². The number of thiophene rings is 1. The van der Waals surface area contributed by atoms with Crippen molar-refractivity contribution in [3.05, 3.63) is 46.2 Å². The van der Waals surface area contributed by atoms with E-state index in [9.17, 15) is 4.79 Å². The minimum Gasteiger partial charge on any atom is -0.368 e. The average molecular weight is 372 g/mol. The molecule has 0 unspecified atom stereocenters. The molecular formula is C22H29NO2S. The highest BCUT2D eigenvalue weighted by Crippen LogP contribution is 2.26. The summed E-state index contributed by atoms with van der Waals surface area (Å²) in [4.78, 5) is 16.2. The monoisotopic (exact) mass is 371 g/mol. The van der Waals surface area contributed by atoms with Crippen molar-refractivity contribution >= 4 is 17.2 Å². The van der Waals surface area contributed by atoms with Crippen LogP contribution in [0.1, 0.15) is 37.1 Å². The number of piperidine rings is 1. The number of rotatable bonds is 6. The Morgan fingerprint density at radius 3 is 2.50 bits per heavy atom. The van der Waals surface area contributed by atoms with Crippen LogP contribution in [0.15, 0.2) is 35.7 Å². The Hall–Kier alpha value is -1.65. The van der Waals surface area contributed by atoms with E-state index in [0.29, 0.717) is 13.0 Å². The lowest BCUT2D eigenvalue weighted by Gasteiger charge is -2.33. The van der Waals surface area contributed by atoms with Gasteiger partial charge in [-0.05, 0) is 60.7 Å². The molecule has 0 spiro atoms. The molecule has 0 bridgehead atoms. The Morgan fingerprint density at radius 1 is 1.23 bits per heavy atom. The van der Waals surface area contributed by atoms with Gasteiger partial charge in [0.2, 0.25) is 0 Å². The Balaban J connectivity index is 1.66. The summed E-state index contributed by atoms with van der Waals surface area (Å²) in [6.45, 7) is 8.63. The van der Waals surface area contributed by atoms with Gasteiger partial charge in [0.05, 0.1) is 0 Å². The van der Waals surface area contributed by atoms with Gasteiger partial charge < -0.3 is 9.64 Å². The van der Waals surface area contributed by atoms with Gasteiger partial charge in [-0.1, -0.05) is 31.2 Å². The Bertz CT molecular complexity index is 714. The van der Waals surface area contributed by atoms with Crippen LogP contribution in [-0.2, 0) is 16.0 Å². The van der Waals surface area contributed by atoms with Crippen LogP contribution in [0.3, 0.4) is 0 Å². The maximum absolute atomic E-state index is 12.9. The van der Waals surface area contributed by atoms with E-state index in [0.717, 1.165) is 37.4 Å². The summed E-state index contributed by atoms with van der Waals surface area (Å²) in [5.74, 6) is 0.870. The van der Waals surface area contributed by atoms with E-state index in [4.69, 9.17) is 4.74 Å². The molecule has 0 N–H and O–H groups in total. The molecule has 2 aromatic rings. The molecule has 0 saturated carbocycles. The Kier molecular flexibility index (Phi) is 6.49. The van der Waals surface area contributed by atoms with Gasteiger partial charge in [-0.2, -0.15) is 0 Å². The van der Waals surface area contributed by atoms with Crippen molar-refractivity contribution in [1.29, 1.82) is 0 Å². The van der Waals surface area contributed by atoms with Crippen LogP contribution in [0.4, 0.5) is 0 Å². The fraction of sp³-hybridized carbons (Fsp3) is 0.500. The first-order chi connectivity index (χ1) is 12.6. The number of amides is 1. The van der Waals surface area contributed by atoms with Gasteiger partial charge >= 0.3 is 0 Å². The van der Waals surface area contributed by atoms with E-state index in [-0.39, 0.29) is 12.0 Å². The van der Waals surface area contributed by atoms with Gasteiger partial charge in [0.15, 0.2) is 0 Å². The molecule has 1 aliphatic heterocycles. The first-order valence-corrected chi connectivity index (χ1v) is 10.5. The molecule has 1 fully saturated rings. The second-order valence-corrected chi connectivity index (χ2v) is 8.41. The van der Waals surface area contributed by atoms with Crippen molar-refractivity contribution < 1.29 is 9.53 Å². The van der Waals surface area contributed by atoms with Crippen LogP contribution in [0, 0.1) is 12.8 Å². The molecule has 4 heteroatoms. The van der Waals surface area contributed by atoms with Crippen LogP contribution in [0.2, 0.25) is 0 Å². The van der Waals surface area contributed by atoms with Crippen molar-refractivity contribution in [3.63, 3.8) is 0 Å². The van der Waals surface area contributed by atoms with Gasteiger partial charge in [-0.15, -0.1) is 11.3 Å². The lowest BCUT2D eigenvalue weighted by molar-refractivity contribution is -0.144. The topological polar surface area (TPSA) is 29.5 Å². The van der Waals surface area contributed by atoms with Crippen molar-refractivity contribution in [2.75, 3.05) is 19.7 Å². The van der Waals surface area contributed by atoms with Crippen LogP contribution >= 0.6 is 11.3 Å². The highest BCUT2D eigenvalue weighted by molar-refractivity contribution is 7.10. The third-order valence-electron chi connectivity index (χ3n) is 5.18. The van der Waals surface area contributed by atoms with E-state index >= 15 is 0 Å².